The van der Waals surface area contributed by atoms with Crippen LogP contribution in [0.4, 0.5) is 11.6 Å². The molecule has 0 unspecified atom stereocenters. The smallest absolute Gasteiger partial charge is 0.212 e. The topological polar surface area (TPSA) is 77.8 Å². The molecule has 0 aliphatic rings. The summed E-state index contributed by atoms with van der Waals surface area (Å²) in [5.41, 5.74) is 0.106. The van der Waals surface area contributed by atoms with Gasteiger partial charge < -0.3 is 19.2 Å². The van der Waals surface area contributed by atoms with Crippen molar-refractivity contribution in [3.8, 4) is 11.5 Å². The van der Waals surface area contributed by atoms with Crippen LogP contribution in [-0.2, 0) is 0 Å². The second kappa shape index (κ2) is 6.34. The summed E-state index contributed by atoms with van der Waals surface area (Å²) in [4.78, 5) is 23.7. The van der Waals surface area contributed by atoms with Crippen LogP contribution in [0, 0.1) is 6.92 Å². The third kappa shape index (κ3) is 3.11. The lowest BCUT2D eigenvalue weighted by Crippen LogP contribution is -2.15. The van der Waals surface area contributed by atoms with Gasteiger partial charge in [-0.15, -0.1) is 0 Å². The second-order valence-electron chi connectivity index (χ2n) is 4.67. The number of ketones is 1. The average Bonchev–Trinajstić information content (AvgIpc) is 2.45. The summed E-state index contributed by atoms with van der Waals surface area (Å²) in [5, 5.41) is 2.94. The van der Waals surface area contributed by atoms with Crippen LogP contribution in [0.2, 0.25) is 0 Å². The summed E-state index contributed by atoms with van der Waals surface area (Å²) in [6, 6.07) is 6.42. The van der Waals surface area contributed by atoms with E-state index in [4.69, 9.17) is 13.9 Å². The molecular formula is C16H17NO5. The SMILES string of the molecule is COc1ccc(OC)c(Nc2oc(C)cc(=O)c2C(C)=O)c1. The number of benzene rings is 1. The minimum Gasteiger partial charge on any atom is -0.497 e. The van der Waals surface area contributed by atoms with Gasteiger partial charge in [-0.1, -0.05) is 0 Å². The number of anilines is 2. The molecule has 0 aliphatic carbocycles. The average molecular weight is 303 g/mol. The first-order valence-electron chi connectivity index (χ1n) is 6.61. The maximum absolute atomic E-state index is 12.0. The molecule has 1 N–H and O–H groups in total. The van der Waals surface area contributed by atoms with Crippen LogP contribution in [0.5, 0.6) is 11.5 Å². The van der Waals surface area contributed by atoms with E-state index >= 15 is 0 Å². The number of carbonyl (C=O) groups excluding carboxylic acids is 1. The maximum atomic E-state index is 12.0. The van der Waals surface area contributed by atoms with Gasteiger partial charge in [-0.05, 0) is 26.0 Å². The lowest BCUT2D eigenvalue weighted by Gasteiger charge is -2.13. The van der Waals surface area contributed by atoms with Crippen molar-refractivity contribution in [1.82, 2.24) is 0 Å². The Balaban J connectivity index is 2.55. The predicted octanol–water partition coefficient (Wildman–Crippen LogP) is 2.91. The van der Waals surface area contributed by atoms with Crippen molar-refractivity contribution in [3.05, 3.63) is 45.8 Å². The first kappa shape index (κ1) is 15.6. The van der Waals surface area contributed by atoms with Crippen LogP contribution in [-0.4, -0.2) is 20.0 Å². The Hall–Kier alpha value is -2.76. The minimum atomic E-state index is -0.388. The van der Waals surface area contributed by atoms with Gasteiger partial charge >= 0.3 is 0 Å². The van der Waals surface area contributed by atoms with Gasteiger partial charge in [-0.25, -0.2) is 0 Å². The number of rotatable bonds is 5. The highest BCUT2D eigenvalue weighted by molar-refractivity contribution is 5.98. The monoisotopic (exact) mass is 303 g/mol. The van der Waals surface area contributed by atoms with E-state index in [9.17, 15) is 9.59 Å². The summed E-state index contributed by atoms with van der Waals surface area (Å²) in [6.45, 7) is 2.95. The summed E-state index contributed by atoms with van der Waals surface area (Å²) in [7, 11) is 3.06. The lowest BCUT2D eigenvalue weighted by molar-refractivity contribution is 0.101. The highest BCUT2D eigenvalue weighted by Gasteiger charge is 2.17. The van der Waals surface area contributed by atoms with E-state index in [1.165, 1.54) is 20.1 Å². The number of hydrogen-bond donors (Lipinski definition) is 1. The number of nitrogens with one attached hydrogen (secondary N) is 1. The van der Waals surface area contributed by atoms with Gasteiger partial charge in [0.1, 0.15) is 22.8 Å². The Morgan fingerprint density at radius 2 is 1.91 bits per heavy atom. The molecule has 2 aromatic rings. The molecule has 1 aromatic heterocycles. The number of hydrogen-bond acceptors (Lipinski definition) is 6. The maximum Gasteiger partial charge on any atom is 0.212 e. The number of aryl methyl sites for hydroxylation is 1. The van der Waals surface area contributed by atoms with Crippen LogP contribution in [0.1, 0.15) is 23.0 Å². The summed E-state index contributed by atoms with van der Waals surface area (Å²) in [5.74, 6) is 1.24. The van der Waals surface area contributed by atoms with E-state index in [1.54, 1.807) is 32.2 Å². The largest absolute Gasteiger partial charge is 0.497 e. The van der Waals surface area contributed by atoms with Crippen molar-refractivity contribution in [3.63, 3.8) is 0 Å². The molecule has 6 heteroatoms. The van der Waals surface area contributed by atoms with Gasteiger partial charge in [0.2, 0.25) is 5.88 Å². The highest BCUT2D eigenvalue weighted by Crippen LogP contribution is 2.32. The summed E-state index contributed by atoms with van der Waals surface area (Å²) < 4.78 is 15.9. The number of carbonyl (C=O) groups is 1. The first-order valence-corrected chi connectivity index (χ1v) is 6.61. The molecular weight excluding hydrogens is 286 g/mol. The molecule has 1 heterocycles. The molecule has 0 amide bonds. The van der Waals surface area contributed by atoms with E-state index in [0.29, 0.717) is 22.9 Å². The standard InChI is InChI=1S/C16H17NO5/c1-9-7-13(19)15(10(2)18)16(22-9)17-12-8-11(20-3)5-6-14(12)21-4/h5-8,17H,1-4H3. The molecule has 0 fully saturated rings. The van der Waals surface area contributed by atoms with Crippen molar-refractivity contribution in [2.45, 2.75) is 13.8 Å². The Morgan fingerprint density at radius 3 is 2.50 bits per heavy atom. The molecule has 0 saturated heterocycles. The Morgan fingerprint density at radius 1 is 1.18 bits per heavy atom. The van der Waals surface area contributed by atoms with Crippen LogP contribution < -0.4 is 20.2 Å². The molecule has 116 valence electrons. The van der Waals surface area contributed by atoms with Crippen molar-refractivity contribution in [2.75, 3.05) is 19.5 Å². The molecule has 6 nitrogen and oxygen atoms in total. The van der Waals surface area contributed by atoms with Crippen molar-refractivity contribution in [1.29, 1.82) is 0 Å². The molecule has 1 aromatic carbocycles. The summed E-state index contributed by atoms with van der Waals surface area (Å²) in [6.07, 6.45) is 0. The molecule has 0 saturated carbocycles. The molecule has 22 heavy (non-hydrogen) atoms. The van der Waals surface area contributed by atoms with E-state index in [1.807, 2.05) is 0 Å². The van der Waals surface area contributed by atoms with E-state index in [0.717, 1.165) is 0 Å². The van der Waals surface area contributed by atoms with Crippen LogP contribution in [0.3, 0.4) is 0 Å². The van der Waals surface area contributed by atoms with Gasteiger partial charge in [0.05, 0.1) is 19.9 Å². The quantitative estimate of drug-likeness (QED) is 0.856. The second-order valence-corrected chi connectivity index (χ2v) is 4.67. The Kier molecular flexibility index (Phi) is 4.50. The van der Waals surface area contributed by atoms with Gasteiger partial charge in [-0.2, -0.15) is 0 Å². The van der Waals surface area contributed by atoms with Crippen molar-refractivity contribution in [2.24, 2.45) is 0 Å². The molecule has 0 radical (unpaired) electrons. The van der Waals surface area contributed by atoms with E-state index < -0.39 is 0 Å². The fourth-order valence-electron chi connectivity index (χ4n) is 2.07. The Labute approximate surface area is 127 Å². The van der Waals surface area contributed by atoms with E-state index in [2.05, 4.69) is 5.32 Å². The molecule has 2 rings (SSSR count). The van der Waals surface area contributed by atoms with E-state index in [-0.39, 0.29) is 22.7 Å². The minimum absolute atomic E-state index is 0.0320. The normalized spacial score (nSPS) is 10.2. The number of ether oxygens (including phenoxy) is 2. The van der Waals surface area contributed by atoms with Gasteiger partial charge in [0.25, 0.3) is 0 Å². The highest BCUT2D eigenvalue weighted by atomic mass is 16.5. The lowest BCUT2D eigenvalue weighted by atomic mass is 10.1. The number of methoxy groups -OCH3 is 2. The van der Waals surface area contributed by atoms with Crippen molar-refractivity contribution >= 4 is 17.4 Å². The fourth-order valence-corrected chi connectivity index (χ4v) is 2.07. The molecule has 0 spiro atoms. The van der Waals surface area contributed by atoms with Crippen LogP contribution in [0.15, 0.2) is 33.5 Å². The zero-order valence-electron chi connectivity index (χ0n) is 12.9. The zero-order valence-corrected chi connectivity index (χ0v) is 12.9. The fraction of sp³-hybridized carbons (Fsp3) is 0.250. The molecule has 0 bridgehead atoms. The first-order chi connectivity index (χ1) is 10.5. The third-order valence-corrected chi connectivity index (χ3v) is 3.08. The summed E-state index contributed by atoms with van der Waals surface area (Å²) >= 11 is 0. The van der Waals surface area contributed by atoms with Gasteiger partial charge in [-0.3, -0.25) is 9.59 Å². The van der Waals surface area contributed by atoms with Crippen LogP contribution >= 0.6 is 0 Å². The Bertz CT molecular complexity index is 764. The zero-order chi connectivity index (χ0) is 16.3. The van der Waals surface area contributed by atoms with Crippen LogP contribution in [0.25, 0.3) is 0 Å². The number of Topliss-reactive ketones (excluding diaryl/α,β-unsaturated/α-hetero) is 1. The molecule has 0 atom stereocenters. The van der Waals surface area contributed by atoms with Gasteiger partial charge in [0.15, 0.2) is 11.2 Å². The van der Waals surface area contributed by atoms with Crippen molar-refractivity contribution < 1.29 is 18.7 Å². The molecule has 0 aliphatic heterocycles. The third-order valence-electron chi connectivity index (χ3n) is 3.08. The predicted molar refractivity (Wildman–Crippen MR) is 82.5 cm³/mol. The van der Waals surface area contributed by atoms with Gasteiger partial charge in [0, 0.05) is 12.1 Å².